The molecule has 5 heteroatoms. The highest BCUT2D eigenvalue weighted by atomic mass is 32.1. The fourth-order valence-corrected chi connectivity index (χ4v) is 4.82. The Labute approximate surface area is 125 Å². The molecule has 0 N–H and O–H groups in total. The summed E-state index contributed by atoms with van der Waals surface area (Å²) in [5.41, 5.74) is 2.39. The molecule has 20 heavy (non-hydrogen) atoms. The molecule has 110 valence electrons. The Morgan fingerprint density at radius 1 is 1.20 bits per heavy atom. The molecule has 0 radical (unpaired) electrons. The minimum Gasteiger partial charge on any atom is -0.346 e. The van der Waals surface area contributed by atoms with E-state index in [1.807, 2.05) is 5.51 Å². The van der Waals surface area contributed by atoms with Crippen LogP contribution < -0.4 is 4.90 Å². The highest BCUT2D eigenvalue weighted by Gasteiger charge is 2.42. The van der Waals surface area contributed by atoms with Gasteiger partial charge >= 0.3 is 0 Å². The third-order valence-corrected chi connectivity index (χ3v) is 6.29. The van der Waals surface area contributed by atoms with Crippen LogP contribution in [0.15, 0.2) is 5.51 Å². The molecule has 1 spiro atoms. The highest BCUT2D eigenvalue weighted by Crippen LogP contribution is 2.41. The second-order valence-corrected chi connectivity index (χ2v) is 7.84. The van der Waals surface area contributed by atoms with Crippen molar-refractivity contribution in [1.29, 1.82) is 0 Å². The SMILES string of the molecule is c1nnc(N2CCCC3(CCN(CC4CCC4)C3)C2)s1. The van der Waals surface area contributed by atoms with Crippen molar-refractivity contribution in [2.24, 2.45) is 11.3 Å². The van der Waals surface area contributed by atoms with Crippen LogP contribution in [-0.2, 0) is 0 Å². The topological polar surface area (TPSA) is 32.3 Å². The average molecular weight is 292 g/mol. The van der Waals surface area contributed by atoms with Crippen molar-refractivity contribution >= 4 is 16.5 Å². The first kappa shape index (κ1) is 13.0. The standard InChI is InChI=1S/C15H24N4S/c1-3-13(4-1)9-18-8-6-15(10-18)5-2-7-19(11-15)14-17-16-12-20-14/h12-13H,1-11H2. The van der Waals surface area contributed by atoms with E-state index < -0.39 is 0 Å². The molecule has 2 saturated heterocycles. The predicted molar refractivity (Wildman–Crippen MR) is 82.2 cm³/mol. The molecule has 4 nitrogen and oxygen atoms in total. The maximum atomic E-state index is 4.27. The van der Waals surface area contributed by atoms with Gasteiger partial charge in [0, 0.05) is 31.6 Å². The van der Waals surface area contributed by atoms with Gasteiger partial charge in [0.2, 0.25) is 5.13 Å². The average Bonchev–Trinajstić information content (AvgIpc) is 3.05. The summed E-state index contributed by atoms with van der Waals surface area (Å²) in [5.74, 6) is 1.01. The van der Waals surface area contributed by atoms with Crippen molar-refractivity contribution < 1.29 is 0 Å². The van der Waals surface area contributed by atoms with Gasteiger partial charge in [-0.25, -0.2) is 0 Å². The molecule has 0 amide bonds. The summed E-state index contributed by atoms with van der Waals surface area (Å²) in [7, 11) is 0. The van der Waals surface area contributed by atoms with Crippen LogP contribution in [0.1, 0.15) is 38.5 Å². The Hall–Kier alpha value is -0.680. The Morgan fingerprint density at radius 3 is 2.90 bits per heavy atom. The first-order chi connectivity index (χ1) is 9.83. The molecule has 0 aromatic carbocycles. The molecule has 1 unspecified atom stereocenters. The van der Waals surface area contributed by atoms with Crippen molar-refractivity contribution in [3.8, 4) is 0 Å². The lowest BCUT2D eigenvalue weighted by atomic mass is 9.79. The molecule has 4 rings (SSSR count). The molecule has 1 aromatic rings. The van der Waals surface area contributed by atoms with E-state index in [1.54, 1.807) is 11.3 Å². The first-order valence-electron chi connectivity index (χ1n) is 8.07. The van der Waals surface area contributed by atoms with Gasteiger partial charge in [0.05, 0.1) is 0 Å². The Bertz CT molecular complexity index is 445. The van der Waals surface area contributed by atoms with Crippen LogP contribution >= 0.6 is 11.3 Å². The number of rotatable bonds is 3. The molecule has 3 aliphatic rings. The normalized spacial score (nSPS) is 31.9. The van der Waals surface area contributed by atoms with Gasteiger partial charge in [0.25, 0.3) is 0 Å². The minimum atomic E-state index is 0.535. The van der Waals surface area contributed by atoms with Crippen molar-refractivity contribution in [2.75, 3.05) is 37.6 Å². The van der Waals surface area contributed by atoms with Crippen LogP contribution in [0.5, 0.6) is 0 Å². The van der Waals surface area contributed by atoms with Gasteiger partial charge < -0.3 is 9.80 Å². The maximum Gasteiger partial charge on any atom is 0.208 e. The highest BCUT2D eigenvalue weighted by molar-refractivity contribution is 7.13. The van der Waals surface area contributed by atoms with Crippen LogP contribution in [0.25, 0.3) is 0 Å². The summed E-state index contributed by atoms with van der Waals surface area (Å²) >= 11 is 1.69. The molecule has 2 aliphatic heterocycles. The number of anilines is 1. The van der Waals surface area contributed by atoms with E-state index in [9.17, 15) is 0 Å². The number of hydrogen-bond acceptors (Lipinski definition) is 5. The van der Waals surface area contributed by atoms with Crippen molar-refractivity contribution in [1.82, 2.24) is 15.1 Å². The number of hydrogen-bond donors (Lipinski definition) is 0. The summed E-state index contributed by atoms with van der Waals surface area (Å²) in [6, 6.07) is 0. The van der Waals surface area contributed by atoms with Crippen molar-refractivity contribution in [3.05, 3.63) is 5.51 Å². The fourth-order valence-electron chi connectivity index (χ4n) is 4.23. The van der Waals surface area contributed by atoms with E-state index in [0.717, 1.165) is 11.0 Å². The largest absolute Gasteiger partial charge is 0.346 e. The van der Waals surface area contributed by atoms with Crippen LogP contribution in [0.3, 0.4) is 0 Å². The Balaban J connectivity index is 1.39. The fraction of sp³-hybridized carbons (Fsp3) is 0.867. The van der Waals surface area contributed by atoms with E-state index >= 15 is 0 Å². The van der Waals surface area contributed by atoms with Crippen LogP contribution in [-0.4, -0.2) is 47.8 Å². The zero-order valence-corrected chi connectivity index (χ0v) is 12.9. The Kier molecular flexibility index (Phi) is 3.42. The van der Waals surface area contributed by atoms with Crippen LogP contribution in [0.4, 0.5) is 5.13 Å². The monoisotopic (exact) mass is 292 g/mol. The molecule has 1 aliphatic carbocycles. The summed E-state index contributed by atoms with van der Waals surface area (Å²) in [6.07, 6.45) is 8.52. The first-order valence-corrected chi connectivity index (χ1v) is 8.94. The molecule has 0 bridgehead atoms. The van der Waals surface area contributed by atoms with E-state index in [1.165, 1.54) is 71.2 Å². The van der Waals surface area contributed by atoms with Crippen LogP contribution in [0.2, 0.25) is 0 Å². The van der Waals surface area contributed by atoms with Gasteiger partial charge in [-0.3, -0.25) is 0 Å². The van der Waals surface area contributed by atoms with Gasteiger partial charge in [-0.2, -0.15) is 0 Å². The second kappa shape index (κ2) is 5.26. The third-order valence-electron chi connectivity index (χ3n) is 5.54. The van der Waals surface area contributed by atoms with Gasteiger partial charge in [-0.15, -0.1) is 10.2 Å². The number of nitrogens with zero attached hydrogens (tertiary/aromatic N) is 4. The molecule has 3 heterocycles. The summed E-state index contributed by atoms with van der Waals surface area (Å²) in [5, 5.41) is 9.39. The maximum absolute atomic E-state index is 4.27. The second-order valence-electron chi connectivity index (χ2n) is 7.03. The lowest BCUT2D eigenvalue weighted by Crippen LogP contribution is -2.45. The summed E-state index contributed by atoms with van der Waals surface area (Å²) < 4.78 is 0. The van der Waals surface area contributed by atoms with E-state index in [2.05, 4.69) is 20.0 Å². The summed E-state index contributed by atoms with van der Waals surface area (Å²) in [6.45, 7) is 6.36. The molecule has 1 saturated carbocycles. The van der Waals surface area contributed by atoms with Crippen LogP contribution in [0, 0.1) is 11.3 Å². The van der Waals surface area contributed by atoms with E-state index in [4.69, 9.17) is 0 Å². The molecular formula is C15H24N4S. The van der Waals surface area contributed by atoms with Gasteiger partial charge in [0.1, 0.15) is 5.51 Å². The third kappa shape index (κ3) is 2.46. The smallest absolute Gasteiger partial charge is 0.208 e. The predicted octanol–water partition coefficient (Wildman–Crippen LogP) is 2.63. The van der Waals surface area contributed by atoms with Gasteiger partial charge in [0.15, 0.2) is 0 Å². The summed E-state index contributed by atoms with van der Waals surface area (Å²) in [4.78, 5) is 5.22. The van der Waals surface area contributed by atoms with E-state index in [-0.39, 0.29) is 0 Å². The number of likely N-dealkylation sites (tertiary alicyclic amines) is 1. The number of piperidine rings is 1. The lowest BCUT2D eigenvalue weighted by molar-refractivity contribution is 0.173. The number of aromatic nitrogens is 2. The zero-order chi connectivity index (χ0) is 13.4. The molecular weight excluding hydrogens is 268 g/mol. The van der Waals surface area contributed by atoms with E-state index in [0.29, 0.717) is 5.41 Å². The van der Waals surface area contributed by atoms with Gasteiger partial charge in [-0.1, -0.05) is 17.8 Å². The molecule has 1 atom stereocenters. The molecule has 3 fully saturated rings. The van der Waals surface area contributed by atoms with Crippen molar-refractivity contribution in [3.63, 3.8) is 0 Å². The van der Waals surface area contributed by atoms with Crippen molar-refractivity contribution in [2.45, 2.75) is 38.5 Å². The lowest BCUT2D eigenvalue weighted by Gasteiger charge is -2.40. The van der Waals surface area contributed by atoms with Gasteiger partial charge in [-0.05, 0) is 44.6 Å². The zero-order valence-electron chi connectivity index (χ0n) is 12.1. The minimum absolute atomic E-state index is 0.535. The quantitative estimate of drug-likeness (QED) is 0.857. The molecule has 1 aromatic heterocycles. The Morgan fingerprint density at radius 2 is 2.15 bits per heavy atom.